The summed E-state index contributed by atoms with van der Waals surface area (Å²) in [6, 6.07) is 0. The molecule has 2 aromatic rings. The van der Waals surface area contributed by atoms with E-state index in [2.05, 4.69) is 20.4 Å². The molecule has 0 radical (unpaired) electrons. The fraction of sp³-hybridized carbons (Fsp3) is 0.625. The summed E-state index contributed by atoms with van der Waals surface area (Å²) in [4.78, 5) is 22.8. The predicted molar refractivity (Wildman–Crippen MR) is 92.1 cm³/mol. The van der Waals surface area contributed by atoms with Crippen LogP contribution >= 0.6 is 11.3 Å². The largest absolute Gasteiger partial charge is 0.339 e. The van der Waals surface area contributed by atoms with Gasteiger partial charge in [0.1, 0.15) is 0 Å². The topological polar surface area (TPSA) is 84.2 Å². The van der Waals surface area contributed by atoms with Crippen LogP contribution in [0.1, 0.15) is 57.2 Å². The SMILES string of the molecule is CC(C)c1nc(C2(NCC(=O)N(C)c3nccs3)CCCC2)no1. The molecule has 1 saturated carbocycles. The van der Waals surface area contributed by atoms with Crippen molar-refractivity contribution in [3.8, 4) is 0 Å². The van der Waals surface area contributed by atoms with Crippen LogP contribution in [0.25, 0.3) is 0 Å². The van der Waals surface area contributed by atoms with E-state index in [1.54, 1.807) is 18.1 Å². The molecule has 2 aromatic heterocycles. The van der Waals surface area contributed by atoms with Gasteiger partial charge in [-0.1, -0.05) is 31.8 Å². The smallest absolute Gasteiger partial charge is 0.242 e. The van der Waals surface area contributed by atoms with Crippen molar-refractivity contribution < 1.29 is 9.32 Å². The van der Waals surface area contributed by atoms with Gasteiger partial charge in [0.2, 0.25) is 11.8 Å². The van der Waals surface area contributed by atoms with Gasteiger partial charge in [0.05, 0.1) is 12.1 Å². The lowest BCUT2D eigenvalue weighted by Crippen LogP contribution is -2.46. The van der Waals surface area contributed by atoms with E-state index in [4.69, 9.17) is 4.52 Å². The Morgan fingerprint density at radius 2 is 2.21 bits per heavy atom. The lowest BCUT2D eigenvalue weighted by molar-refractivity contribution is -0.117. The lowest BCUT2D eigenvalue weighted by Gasteiger charge is -2.27. The van der Waals surface area contributed by atoms with E-state index >= 15 is 0 Å². The van der Waals surface area contributed by atoms with Crippen LogP contribution in [-0.2, 0) is 10.3 Å². The van der Waals surface area contributed by atoms with Gasteiger partial charge >= 0.3 is 0 Å². The third kappa shape index (κ3) is 3.34. The molecule has 3 rings (SSSR count). The minimum atomic E-state index is -0.365. The Labute approximate surface area is 145 Å². The van der Waals surface area contributed by atoms with Crippen LogP contribution in [0.3, 0.4) is 0 Å². The maximum atomic E-state index is 12.5. The molecular formula is C16H23N5O2S. The molecule has 0 aliphatic heterocycles. The first-order valence-corrected chi connectivity index (χ1v) is 9.15. The van der Waals surface area contributed by atoms with E-state index in [1.807, 2.05) is 19.2 Å². The van der Waals surface area contributed by atoms with Crippen LogP contribution in [0.5, 0.6) is 0 Å². The van der Waals surface area contributed by atoms with E-state index < -0.39 is 0 Å². The first-order chi connectivity index (χ1) is 11.5. The van der Waals surface area contributed by atoms with Crippen LogP contribution in [0.2, 0.25) is 0 Å². The van der Waals surface area contributed by atoms with Gasteiger partial charge in [0.25, 0.3) is 0 Å². The Hall–Kier alpha value is -1.80. The fourth-order valence-electron chi connectivity index (χ4n) is 2.97. The Morgan fingerprint density at radius 3 is 2.79 bits per heavy atom. The van der Waals surface area contributed by atoms with E-state index in [0.29, 0.717) is 16.8 Å². The molecule has 8 heteroatoms. The molecule has 1 fully saturated rings. The molecular weight excluding hydrogens is 326 g/mol. The van der Waals surface area contributed by atoms with Crippen molar-refractivity contribution in [3.63, 3.8) is 0 Å². The minimum absolute atomic E-state index is 0.0243. The summed E-state index contributed by atoms with van der Waals surface area (Å²) in [6.45, 7) is 4.28. The molecule has 0 bridgehead atoms. The summed E-state index contributed by atoms with van der Waals surface area (Å²) < 4.78 is 5.37. The first kappa shape index (κ1) is 17.0. The van der Waals surface area contributed by atoms with Gasteiger partial charge in [0.15, 0.2) is 11.0 Å². The quantitative estimate of drug-likeness (QED) is 0.863. The molecule has 1 amide bonds. The fourth-order valence-corrected chi connectivity index (χ4v) is 3.60. The number of hydrogen-bond acceptors (Lipinski definition) is 7. The van der Waals surface area contributed by atoms with Crippen molar-refractivity contribution in [3.05, 3.63) is 23.3 Å². The minimum Gasteiger partial charge on any atom is -0.339 e. The van der Waals surface area contributed by atoms with Crippen molar-refractivity contribution >= 4 is 22.4 Å². The second-order valence-corrected chi connectivity index (χ2v) is 7.39. The third-order valence-corrected chi connectivity index (χ3v) is 5.33. The molecule has 0 aromatic carbocycles. The van der Waals surface area contributed by atoms with Crippen molar-refractivity contribution in [1.82, 2.24) is 20.4 Å². The van der Waals surface area contributed by atoms with Gasteiger partial charge in [-0.25, -0.2) is 4.98 Å². The number of hydrogen-bond donors (Lipinski definition) is 1. The van der Waals surface area contributed by atoms with Crippen molar-refractivity contribution in [1.29, 1.82) is 0 Å². The standard InChI is InChI=1S/C16H23N5O2S/c1-11(2)13-19-14(20-23-13)16(6-4-5-7-16)18-10-12(22)21(3)15-17-8-9-24-15/h8-9,11,18H,4-7,10H2,1-3H3. The number of anilines is 1. The summed E-state index contributed by atoms with van der Waals surface area (Å²) >= 11 is 1.45. The molecule has 0 saturated heterocycles. The number of amides is 1. The monoisotopic (exact) mass is 349 g/mol. The van der Waals surface area contributed by atoms with E-state index in [9.17, 15) is 4.79 Å². The van der Waals surface area contributed by atoms with Crippen LogP contribution < -0.4 is 10.2 Å². The summed E-state index contributed by atoms with van der Waals surface area (Å²) in [5, 5.41) is 10.1. The summed E-state index contributed by atoms with van der Waals surface area (Å²) in [5.74, 6) is 1.49. The molecule has 0 unspecified atom stereocenters. The third-order valence-electron chi connectivity index (χ3n) is 4.48. The number of nitrogens with one attached hydrogen (secondary N) is 1. The highest BCUT2D eigenvalue weighted by atomic mass is 32.1. The zero-order valence-corrected chi connectivity index (χ0v) is 15.1. The first-order valence-electron chi connectivity index (χ1n) is 8.27. The number of carbonyl (C=O) groups is 1. The Balaban J connectivity index is 1.71. The molecule has 1 aliphatic rings. The highest BCUT2D eigenvalue weighted by Gasteiger charge is 2.40. The number of aromatic nitrogens is 3. The van der Waals surface area contributed by atoms with Gasteiger partial charge in [-0.05, 0) is 12.8 Å². The second-order valence-electron chi connectivity index (χ2n) is 6.52. The van der Waals surface area contributed by atoms with Crippen LogP contribution in [0.4, 0.5) is 5.13 Å². The second kappa shape index (κ2) is 6.98. The van der Waals surface area contributed by atoms with Gasteiger partial charge in [-0.2, -0.15) is 4.98 Å². The van der Waals surface area contributed by atoms with Gasteiger partial charge in [0, 0.05) is 24.5 Å². The molecule has 0 atom stereocenters. The van der Waals surface area contributed by atoms with E-state index in [0.717, 1.165) is 25.7 Å². The zero-order chi connectivity index (χ0) is 17.2. The maximum Gasteiger partial charge on any atom is 0.242 e. The molecule has 130 valence electrons. The highest BCUT2D eigenvalue weighted by molar-refractivity contribution is 7.13. The van der Waals surface area contributed by atoms with E-state index in [-0.39, 0.29) is 23.9 Å². The Morgan fingerprint density at radius 1 is 1.46 bits per heavy atom. The normalized spacial score (nSPS) is 16.7. The van der Waals surface area contributed by atoms with Gasteiger partial charge in [-0.3, -0.25) is 15.0 Å². The van der Waals surface area contributed by atoms with Crippen LogP contribution in [-0.4, -0.2) is 34.6 Å². The van der Waals surface area contributed by atoms with Crippen molar-refractivity contribution in [2.75, 3.05) is 18.5 Å². The molecule has 2 heterocycles. The summed E-state index contributed by atoms with van der Waals surface area (Å²) in [7, 11) is 1.75. The van der Waals surface area contributed by atoms with Crippen molar-refractivity contribution in [2.24, 2.45) is 0 Å². The zero-order valence-electron chi connectivity index (χ0n) is 14.3. The Bertz CT molecular complexity index is 676. The van der Waals surface area contributed by atoms with Crippen LogP contribution in [0, 0.1) is 0 Å². The van der Waals surface area contributed by atoms with Crippen LogP contribution in [0.15, 0.2) is 16.1 Å². The number of nitrogens with zero attached hydrogens (tertiary/aromatic N) is 4. The average Bonchev–Trinajstić information content (AvgIpc) is 3.33. The molecule has 7 nitrogen and oxygen atoms in total. The number of rotatable bonds is 6. The maximum absolute atomic E-state index is 12.5. The predicted octanol–water partition coefficient (Wildman–Crippen LogP) is 2.67. The number of thiazole rings is 1. The number of likely N-dealkylation sites (N-methyl/N-ethyl adjacent to an activating group) is 1. The summed E-state index contributed by atoms with van der Waals surface area (Å²) in [5.41, 5.74) is -0.365. The molecule has 0 spiro atoms. The van der Waals surface area contributed by atoms with Crippen molar-refractivity contribution in [2.45, 2.75) is 51.0 Å². The lowest BCUT2D eigenvalue weighted by atomic mass is 9.96. The van der Waals surface area contributed by atoms with Gasteiger partial charge in [-0.15, -0.1) is 11.3 Å². The average molecular weight is 349 g/mol. The molecule has 1 aliphatic carbocycles. The molecule has 24 heavy (non-hydrogen) atoms. The number of carbonyl (C=O) groups excluding carboxylic acids is 1. The highest BCUT2D eigenvalue weighted by Crippen LogP contribution is 2.37. The summed E-state index contributed by atoms with van der Waals surface area (Å²) in [6.07, 6.45) is 5.71. The van der Waals surface area contributed by atoms with E-state index in [1.165, 1.54) is 11.3 Å². The Kier molecular flexibility index (Phi) is 4.96. The van der Waals surface area contributed by atoms with Gasteiger partial charge < -0.3 is 4.52 Å². The molecule has 1 N–H and O–H groups in total.